The van der Waals surface area contributed by atoms with Crippen LogP contribution in [-0.2, 0) is 11.3 Å². The highest BCUT2D eigenvalue weighted by molar-refractivity contribution is 8.18. The van der Waals surface area contributed by atoms with E-state index in [9.17, 15) is 9.59 Å². The molecule has 2 amide bonds. The smallest absolute Gasteiger partial charge is 0.268 e. The van der Waals surface area contributed by atoms with Gasteiger partial charge in [-0.15, -0.1) is 0 Å². The predicted octanol–water partition coefficient (Wildman–Crippen LogP) is 5.54. The Labute approximate surface area is 154 Å². The summed E-state index contributed by atoms with van der Waals surface area (Å²) < 4.78 is 0. The van der Waals surface area contributed by atoms with Crippen LogP contribution in [0.15, 0.2) is 47.4 Å². The fraction of sp³-hybridized carbons (Fsp3) is 0.111. The predicted molar refractivity (Wildman–Crippen MR) is 99.2 cm³/mol. The molecule has 1 aliphatic rings. The molecule has 1 fully saturated rings. The first-order valence-electron chi connectivity index (χ1n) is 7.20. The third-order valence-electron chi connectivity index (χ3n) is 3.56. The molecule has 0 aliphatic carbocycles. The first kappa shape index (κ1) is 17.1. The van der Waals surface area contributed by atoms with Gasteiger partial charge in [-0.3, -0.25) is 14.5 Å². The van der Waals surface area contributed by atoms with Crippen molar-refractivity contribution in [2.75, 3.05) is 0 Å². The van der Waals surface area contributed by atoms with Crippen LogP contribution in [0.5, 0.6) is 0 Å². The highest BCUT2D eigenvalue weighted by Crippen LogP contribution is 2.35. The van der Waals surface area contributed by atoms with E-state index in [1.807, 2.05) is 31.2 Å². The molecule has 6 heteroatoms. The van der Waals surface area contributed by atoms with Gasteiger partial charge >= 0.3 is 0 Å². The van der Waals surface area contributed by atoms with Gasteiger partial charge in [0.05, 0.1) is 21.5 Å². The summed E-state index contributed by atoms with van der Waals surface area (Å²) >= 11 is 13.0. The molecule has 0 aromatic heterocycles. The summed E-state index contributed by atoms with van der Waals surface area (Å²) in [6.45, 7) is 2.23. The zero-order valence-corrected chi connectivity index (χ0v) is 15.1. The molecule has 122 valence electrons. The summed E-state index contributed by atoms with van der Waals surface area (Å²) in [5.74, 6) is -0.317. The first-order chi connectivity index (χ1) is 11.5. The molecule has 1 heterocycles. The number of aryl methyl sites for hydroxylation is 1. The lowest BCUT2D eigenvalue weighted by molar-refractivity contribution is -0.123. The van der Waals surface area contributed by atoms with Crippen LogP contribution in [0.25, 0.3) is 6.08 Å². The lowest BCUT2D eigenvalue weighted by Crippen LogP contribution is -2.27. The normalized spacial score (nSPS) is 16.3. The van der Waals surface area contributed by atoms with Gasteiger partial charge < -0.3 is 0 Å². The number of carbonyl (C=O) groups excluding carboxylic acids is 2. The van der Waals surface area contributed by atoms with Crippen molar-refractivity contribution in [3.8, 4) is 0 Å². The van der Waals surface area contributed by atoms with Crippen LogP contribution in [0, 0.1) is 6.92 Å². The Hall–Kier alpha value is -1.75. The first-order valence-corrected chi connectivity index (χ1v) is 8.78. The minimum atomic E-state index is -0.317. The number of rotatable bonds is 3. The van der Waals surface area contributed by atoms with E-state index in [2.05, 4.69) is 0 Å². The van der Waals surface area contributed by atoms with Crippen molar-refractivity contribution < 1.29 is 9.59 Å². The number of hydrogen-bond acceptors (Lipinski definition) is 3. The number of nitrogens with zero attached hydrogens (tertiary/aromatic N) is 1. The maximum atomic E-state index is 12.5. The molecule has 0 N–H and O–H groups in total. The van der Waals surface area contributed by atoms with Crippen LogP contribution in [0.4, 0.5) is 4.79 Å². The molecule has 0 unspecified atom stereocenters. The Morgan fingerprint density at radius 1 is 1.12 bits per heavy atom. The highest BCUT2D eigenvalue weighted by Gasteiger charge is 2.35. The van der Waals surface area contributed by atoms with Gasteiger partial charge in [0.2, 0.25) is 0 Å². The fourth-order valence-electron chi connectivity index (χ4n) is 2.40. The van der Waals surface area contributed by atoms with Crippen molar-refractivity contribution >= 4 is 52.2 Å². The van der Waals surface area contributed by atoms with Crippen LogP contribution in [0.2, 0.25) is 10.0 Å². The molecule has 24 heavy (non-hydrogen) atoms. The highest BCUT2D eigenvalue weighted by atomic mass is 35.5. The van der Waals surface area contributed by atoms with Gasteiger partial charge in [0, 0.05) is 0 Å². The molecule has 0 atom stereocenters. The quantitative estimate of drug-likeness (QED) is 0.659. The van der Waals surface area contributed by atoms with Gasteiger partial charge in [-0.05, 0) is 42.0 Å². The standard InChI is InChI=1S/C18H13Cl2NO2S/c1-11-4-2-5-12(8-11)10-21-17(22)15(24-18(21)23)9-13-6-3-7-14(19)16(13)20/h2-9H,10H2,1H3/b15-9+. The van der Waals surface area contributed by atoms with Gasteiger partial charge in [0.15, 0.2) is 0 Å². The molecule has 3 nitrogen and oxygen atoms in total. The van der Waals surface area contributed by atoms with Crippen LogP contribution in [0.1, 0.15) is 16.7 Å². The van der Waals surface area contributed by atoms with Crippen molar-refractivity contribution in [2.24, 2.45) is 0 Å². The van der Waals surface area contributed by atoms with Gasteiger partial charge in [0.1, 0.15) is 0 Å². The van der Waals surface area contributed by atoms with E-state index in [0.29, 0.717) is 20.5 Å². The van der Waals surface area contributed by atoms with Crippen LogP contribution in [0.3, 0.4) is 0 Å². The third-order valence-corrected chi connectivity index (χ3v) is 5.31. The molecule has 0 radical (unpaired) electrons. The van der Waals surface area contributed by atoms with Gasteiger partial charge in [-0.2, -0.15) is 0 Å². The summed E-state index contributed by atoms with van der Waals surface area (Å²) in [5, 5.41) is 0.486. The van der Waals surface area contributed by atoms with Crippen molar-refractivity contribution in [1.82, 2.24) is 4.90 Å². The van der Waals surface area contributed by atoms with Crippen LogP contribution < -0.4 is 0 Å². The molecule has 2 aromatic carbocycles. The monoisotopic (exact) mass is 377 g/mol. The number of amides is 2. The topological polar surface area (TPSA) is 37.4 Å². The Kier molecular flexibility index (Phi) is 4.99. The largest absolute Gasteiger partial charge is 0.293 e. The summed E-state index contributed by atoms with van der Waals surface area (Å²) in [6, 6.07) is 12.9. The Morgan fingerprint density at radius 2 is 1.88 bits per heavy atom. The lowest BCUT2D eigenvalue weighted by Gasteiger charge is -2.12. The van der Waals surface area contributed by atoms with E-state index in [-0.39, 0.29) is 17.7 Å². The Balaban J connectivity index is 1.86. The number of imide groups is 1. The second-order valence-corrected chi connectivity index (χ2v) is 7.18. The maximum Gasteiger partial charge on any atom is 0.293 e. The zero-order valence-electron chi connectivity index (χ0n) is 12.8. The molecule has 2 aromatic rings. The van der Waals surface area contributed by atoms with Crippen LogP contribution in [-0.4, -0.2) is 16.0 Å². The minimum Gasteiger partial charge on any atom is -0.268 e. The lowest BCUT2D eigenvalue weighted by atomic mass is 10.1. The number of halogens is 2. The summed E-state index contributed by atoms with van der Waals surface area (Å²) in [5.41, 5.74) is 2.62. The average molecular weight is 378 g/mol. The summed E-state index contributed by atoms with van der Waals surface area (Å²) in [6.07, 6.45) is 1.61. The number of hydrogen-bond donors (Lipinski definition) is 0. The van der Waals surface area contributed by atoms with Crippen molar-refractivity contribution in [2.45, 2.75) is 13.5 Å². The maximum absolute atomic E-state index is 12.5. The van der Waals surface area contributed by atoms with E-state index in [4.69, 9.17) is 23.2 Å². The Morgan fingerprint density at radius 3 is 2.62 bits per heavy atom. The second-order valence-electron chi connectivity index (χ2n) is 5.40. The average Bonchev–Trinajstić information content (AvgIpc) is 2.79. The fourth-order valence-corrected chi connectivity index (χ4v) is 3.59. The molecular formula is C18H13Cl2NO2S. The molecule has 1 saturated heterocycles. The number of carbonyl (C=O) groups is 2. The molecule has 0 spiro atoms. The third kappa shape index (κ3) is 3.51. The van der Waals surface area contributed by atoms with Crippen molar-refractivity contribution in [3.05, 3.63) is 74.1 Å². The van der Waals surface area contributed by atoms with E-state index >= 15 is 0 Å². The van der Waals surface area contributed by atoms with Gasteiger partial charge in [-0.25, -0.2) is 0 Å². The number of benzene rings is 2. The van der Waals surface area contributed by atoms with E-state index < -0.39 is 0 Å². The zero-order chi connectivity index (χ0) is 17.3. The SMILES string of the molecule is Cc1cccc(CN2C(=O)S/C(=C/c3cccc(Cl)c3Cl)C2=O)c1. The van der Waals surface area contributed by atoms with Crippen molar-refractivity contribution in [3.63, 3.8) is 0 Å². The van der Waals surface area contributed by atoms with Gasteiger partial charge in [0.25, 0.3) is 11.1 Å². The molecule has 0 bridgehead atoms. The van der Waals surface area contributed by atoms with Crippen molar-refractivity contribution in [1.29, 1.82) is 0 Å². The number of thioether (sulfide) groups is 1. The molecule has 0 saturated carbocycles. The molecular weight excluding hydrogens is 365 g/mol. The summed E-state index contributed by atoms with van der Waals surface area (Å²) in [7, 11) is 0. The van der Waals surface area contributed by atoms with E-state index in [1.165, 1.54) is 4.90 Å². The second kappa shape index (κ2) is 7.01. The van der Waals surface area contributed by atoms with E-state index in [0.717, 1.165) is 22.9 Å². The molecule has 3 rings (SSSR count). The van der Waals surface area contributed by atoms with Gasteiger partial charge in [-0.1, -0.05) is 65.2 Å². The minimum absolute atomic E-state index is 0.257. The Bertz CT molecular complexity index is 864. The summed E-state index contributed by atoms with van der Waals surface area (Å²) in [4.78, 5) is 26.3. The molecule has 1 aliphatic heterocycles. The van der Waals surface area contributed by atoms with Crippen LogP contribution >= 0.6 is 35.0 Å². The van der Waals surface area contributed by atoms with E-state index in [1.54, 1.807) is 24.3 Å².